The van der Waals surface area contributed by atoms with Gasteiger partial charge in [0.25, 0.3) is 5.91 Å². The van der Waals surface area contributed by atoms with Gasteiger partial charge in [-0.1, -0.05) is 61.7 Å². The van der Waals surface area contributed by atoms with Gasteiger partial charge in [-0.25, -0.2) is 5.84 Å². The lowest BCUT2D eigenvalue weighted by Crippen LogP contribution is -2.29. The lowest BCUT2D eigenvalue weighted by atomic mass is 10.1. The van der Waals surface area contributed by atoms with Gasteiger partial charge in [-0.15, -0.1) is 0 Å². The summed E-state index contributed by atoms with van der Waals surface area (Å²) in [7, 11) is 0. The van der Waals surface area contributed by atoms with Crippen LogP contribution < -0.4 is 21.3 Å². The van der Waals surface area contributed by atoms with Gasteiger partial charge in [0, 0.05) is 18.0 Å². The second-order valence-corrected chi connectivity index (χ2v) is 7.20. The van der Waals surface area contributed by atoms with Gasteiger partial charge in [0.2, 0.25) is 5.91 Å². The fourth-order valence-corrected chi connectivity index (χ4v) is 3.02. The average Bonchev–Trinajstić information content (AvgIpc) is 2.65. The molecule has 1 aromatic rings. The Morgan fingerprint density at radius 2 is 1.56 bits per heavy atom. The zero-order chi connectivity index (χ0) is 19.9. The first-order valence-corrected chi connectivity index (χ1v) is 10.1. The maximum absolute atomic E-state index is 11.8. The summed E-state index contributed by atoms with van der Waals surface area (Å²) in [6.07, 6.45) is 9.12. The Balaban J connectivity index is 1.93. The summed E-state index contributed by atoms with van der Waals surface area (Å²) >= 11 is 11.8. The Labute approximate surface area is 171 Å². The number of benzene rings is 1. The summed E-state index contributed by atoms with van der Waals surface area (Å²) in [5.74, 6) is 5.20. The Morgan fingerprint density at radius 1 is 0.926 bits per heavy atom. The van der Waals surface area contributed by atoms with E-state index in [1.807, 2.05) is 0 Å². The highest BCUT2D eigenvalue weighted by Crippen LogP contribution is 2.27. The van der Waals surface area contributed by atoms with Crippen LogP contribution in [-0.2, 0) is 9.59 Å². The number of carbonyl (C=O) groups is 2. The number of hydrazine groups is 1. The molecule has 0 aliphatic rings. The molecule has 0 aliphatic heterocycles. The van der Waals surface area contributed by atoms with Crippen molar-refractivity contribution in [2.75, 3.05) is 13.2 Å². The first-order valence-electron chi connectivity index (χ1n) is 9.37. The summed E-state index contributed by atoms with van der Waals surface area (Å²) in [6, 6.07) is 4.88. The van der Waals surface area contributed by atoms with Crippen molar-refractivity contribution in [3.05, 3.63) is 28.2 Å². The molecule has 1 aromatic carbocycles. The number of carbonyl (C=O) groups excluding carboxylic acids is 2. The highest BCUT2D eigenvalue weighted by atomic mass is 35.5. The molecule has 8 heteroatoms. The first kappa shape index (κ1) is 23.5. The number of nitrogens with one attached hydrogen (secondary N) is 2. The quantitative estimate of drug-likeness (QED) is 0.184. The van der Waals surface area contributed by atoms with Gasteiger partial charge in [-0.2, -0.15) is 0 Å². The van der Waals surface area contributed by atoms with Crippen LogP contribution in [0, 0.1) is 0 Å². The summed E-state index contributed by atoms with van der Waals surface area (Å²) < 4.78 is 5.38. The fourth-order valence-electron chi connectivity index (χ4n) is 2.56. The molecular weight excluding hydrogens is 389 g/mol. The molecular formula is C19H29Cl2N3O3. The minimum atomic E-state index is -0.164. The van der Waals surface area contributed by atoms with Crippen LogP contribution in [0.15, 0.2) is 18.2 Å². The van der Waals surface area contributed by atoms with E-state index < -0.39 is 0 Å². The molecule has 0 aliphatic carbocycles. The number of hydrogen-bond acceptors (Lipinski definition) is 4. The molecule has 27 heavy (non-hydrogen) atoms. The van der Waals surface area contributed by atoms with Crippen LogP contribution in [0.4, 0.5) is 0 Å². The second-order valence-electron chi connectivity index (χ2n) is 6.36. The highest BCUT2D eigenvalue weighted by molar-refractivity contribution is 6.35. The molecule has 0 spiro atoms. The number of ether oxygens (including phenoxy) is 1. The lowest BCUT2D eigenvalue weighted by Gasteiger charge is -2.09. The number of amides is 2. The van der Waals surface area contributed by atoms with E-state index in [-0.39, 0.29) is 18.4 Å². The third-order valence-corrected chi connectivity index (χ3v) is 4.60. The van der Waals surface area contributed by atoms with Crippen LogP contribution in [0.1, 0.15) is 57.8 Å². The fraction of sp³-hybridized carbons (Fsp3) is 0.579. The van der Waals surface area contributed by atoms with Crippen LogP contribution >= 0.6 is 23.2 Å². The van der Waals surface area contributed by atoms with Crippen molar-refractivity contribution in [3.63, 3.8) is 0 Å². The molecule has 1 rings (SSSR count). The highest BCUT2D eigenvalue weighted by Gasteiger charge is 2.06. The van der Waals surface area contributed by atoms with Crippen molar-refractivity contribution >= 4 is 35.0 Å². The number of nitrogens with two attached hydrogens (primary N) is 1. The molecule has 4 N–H and O–H groups in total. The van der Waals surface area contributed by atoms with Gasteiger partial charge in [0.15, 0.2) is 6.61 Å². The molecule has 0 heterocycles. The molecule has 0 unspecified atom stereocenters. The Hall–Kier alpha value is -1.50. The predicted molar refractivity (Wildman–Crippen MR) is 109 cm³/mol. The standard InChI is InChI=1S/C19H29Cl2N3O3/c20-15-10-11-17(16(21)13-15)27-14-19(26)23-12-8-6-4-2-1-3-5-7-9-18(25)24-22/h10-11,13H,1-9,12,14,22H2,(H,23,26)(H,24,25). The number of halogens is 2. The van der Waals surface area contributed by atoms with E-state index in [4.69, 9.17) is 33.8 Å². The van der Waals surface area contributed by atoms with E-state index in [9.17, 15) is 9.59 Å². The molecule has 6 nitrogen and oxygen atoms in total. The predicted octanol–water partition coefficient (Wildman–Crippen LogP) is 3.99. The van der Waals surface area contributed by atoms with Crippen molar-refractivity contribution in [2.45, 2.75) is 57.8 Å². The van der Waals surface area contributed by atoms with Crippen LogP contribution in [-0.4, -0.2) is 25.0 Å². The minimum Gasteiger partial charge on any atom is -0.482 e. The summed E-state index contributed by atoms with van der Waals surface area (Å²) in [5.41, 5.74) is 2.14. The van der Waals surface area contributed by atoms with E-state index in [1.165, 1.54) is 12.8 Å². The first-order chi connectivity index (χ1) is 13.0. The van der Waals surface area contributed by atoms with Crippen LogP contribution in [0.25, 0.3) is 0 Å². The molecule has 2 amide bonds. The Kier molecular flexibility index (Phi) is 12.7. The molecule has 0 radical (unpaired) electrons. The Morgan fingerprint density at radius 3 is 2.19 bits per heavy atom. The van der Waals surface area contributed by atoms with Gasteiger partial charge in [-0.3, -0.25) is 15.0 Å². The maximum atomic E-state index is 11.8. The third kappa shape index (κ3) is 11.7. The molecule has 152 valence electrons. The normalized spacial score (nSPS) is 10.5. The van der Waals surface area contributed by atoms with E-state index in [2.05, 4.69) is 10.7 Å². The average molecular weight is 418 g/mol. The largest absolute Gasteiger partial charge is 0.482 e. The van der Waals surface area contributed by atoms with Gasteiger partial charge in [0.05, 0.1) is 5.02 Å². The monoisotopic (exact) mass is 417 g/mol. The molecule has 0 aromatic heterocycles. The number of rotatable bonds is 14. The van der Waals surface area contributed by atoms with Crippen LogP contribution in [0.2, 0.25) is 10.0 Å². The van der Waals surface area contributed by atoms with Gasteiger partial charge < -0.3 is 10.1 Å². The minimum absolute atomic E-state index is 0.0659. The van der Waals surface area contributed by atoms with Crippen molar-refractivity contribution in [3.8, 4) is 5.75 Å². The van der Waals surface area contributed by atoms with Crippen LogP contribution in [0.3, 0.4) is 0 Å². The van der Waals surface area contributed by atoms with Gasteiger partial charge >= 0.3 is 0 Å². The smallest absolute Gasteiger partial charge is 0.257 e. The SMILES string of the molecule is NNC(=O)CCCCCCCCCCNC(=O)COc1ccc(Cl)cc1Cl. The molecule has 0 saturated carbocycles. The van der Waals surface area contributed by atoms with Crippen molar-refractivity contribution in [1.82, 2.24) is 10.7 Å². The van der Waals surface area contributed by atoms with Crippen molar-refractivity contribution < 1.29 is 14.3 Å². The van der Waals surface area contributed by atoms with E-state index >= 15 is 0 Å². The van der Waals surface area contributed by atoms with Crippen molar-refractivity contribution in [2.24, 2.45) is 5.84 Å². The lowest BCUT2D eigenvalue weighted by molar-refractivity contribution is -0.123. The zero-order valence-electron chi connectivity index (χ0n) is 15.6. The summed E-state index contributed by atoms with van der Waals surface area (Å²) in [4.78, 5) is 22.7. The number of unbranched alkanes of at least 4 members (excludes halogenated alkanes) is 7. The van der Waals surface area contributed by atoms with Crippen LogP contribution in [0.5, 0.6) is 5.75 Å². The van der Waals surface area contributed by atoms with E-state index in [0.29, 0.717) is 28.8 Å². The van der Waals surface area contributed by atoms with Crippen molar-refractivity contribution in [1.29, 1.82) is 0 Å². The molecule has 0 fully saturated rings. The van der Waals surface area contributed by atoms with Gasteiger partial charge in [-0.05, 0) is 31.0 Å². The zero-order valence-corrected chi connectivity index (χ0v) is 17.1. The summed E-state index contributed by atoms with van der Waals surface area (Å²) in [5, 5.41) is 3.75. The molecule has 0 atom stereocenters. The Bertz CT molecular complexity index is 585. The van der Waals surface area contributed by atoms with Gasteiger partial charge in [0.1, 0.15) is 5.75 Å². The maximum Gasteiger partial charge on any atom is 0.257 e. The van der Waals surface area contributed by atoms with E-state index in [1.54, 1.807) is 18.2 Å². The molecule has 0 bridgehead atoms. The number of hydrogen-bond donors (Lipinski definition) is 3. The third-order valence-electron chi connectivity index (χ3n) is 4.07. The second kappa shape index (κ2) is 14.5. The topological polar surface area (TPSA) is 93.5 Å². The molecule has 0 saturated heterocycles. The van der Waals surface area contributed by atoms with E-state index in [0.717, 1.165) is 38.5 Å². The summed E-state index contributed by atoms with van der Waals surface area (Å²) in [6.45, 7) is 0.578.